The lowest BCUT2D eigenvalue weighted by Gasteiger charge is -2.23. The lowest BCUT2D eigenvalue weighted by Crippen LogP contribution is -2.42. The number of benzene rings is 1. The van der Waals surface area contributed by atoms with Gasteiger partial charge in [0, 0.05) is 45.8 Å². The van der Waals surface area contributed by atoms with Gasteiger partial charge in [0.15, 0.2) is 5.96 Å². The van der Waals surface area contributed by atoms with E-state index in [0.717, 1.165) is 43.4 Å². The van der Waals surface area contributed by atoms with E-state index < -0.39 is 0 Å². The summed E-state index contributed by atoms with van der Waals surface area (Å²) in [6, 6.07) is 8.33. The first-order valence-electron chi connectivity index (χ1n) is 9.30. The summed E-state index contributed by atoms with van der Waals surface area (Å²) in [4.78, 5) is 20.3. The highest BCUT2D eigenvalue weighted by atomic mass is 127. The Labute approximate surface area is 183 Å². The predicted molar refractivity (Wildman–Crippen MR) is 121 cm³/mol. The molecule has 1 amide bonds. The maximum Gasteiger partial charge on any atom is 0.243 e. The van der Waals surface area contributed by atoms with Crippen LogP contribution in [0.5, 0.6) is 0 Å². The van der Waals surface area contributed by atoms with Crippen LogP contribution < -0.4 is 10.2 Å². The fraction of sp³-hybridized carbons (Fsp3) is 0.474. The average molecular weight is 497 g/mol. The highest BCUT2D eigenvalue weighted by molar-refractivity contribution is 14.0. The van der Waals surface area contributed by atoms with Crippen molar-refractivity contribution in [1.29, 1.82) is 0 Å². The highest BCUT2D eigenvalue weighted by Crippen LogP contribution is 2.27. The van der Waals surface area contributed by atoms with Crippen LogP contribution in [0, 0.1) is 0 Å². The third-order valence-electron chi connectivity index (χ3n) is 4.65. The first-order valence-corrected chi connectivity index (χ1v) is 9.30. The summed E-state index contributed by atoms with van der Waals surface area (Å²) in [7, 11) is 3.49. The zero-order valence-corrected chi connectivity index (χ0v) is 19.0. The van der Waals surface area contributed by atoms with Gasteiger partial charge in [0.1, 0.15) is 18.7 Å². The zero-order valence-electron chi connectivity index (χ0n) is 16.6. The molecule has 3 rings (SSSR count). The molecular formula is C19H28IN7O. The Bertz CT molecular complexity index is 818. The average Bonchev–Trinajstić information content (AvgIpc) is 3.30. The molecule has 0 saturated heterocycles. The van der Waals surface area contributed by atoms with Crippen LogP contribution in [-0.2, 0) is 24.2 Å². The number of rotatable bonds is 6. The van der Waals surface area contributed by atoms with E-state index in [0.29, 0.717) is 6.54 Å². The van der Waals surface area contributed by atoms with Gasteiger partial charge in [-0.25, -0.2) is 4.99 Å². The van der Waals surface area contributed by atoms with Gasteiger partial charge in [-0.3, -0.25) is 4.79 Å². The molecule has 0 spiro atoms. The van der Waals surface area contributed by atoms with E-state index in [2.05, 4.69) is 50.5 Å². The minimum Gasteiger partial charge on any atom is -0.354 e. The Morgan fingerprint density at radius 3 is 2.86 bits per heavy atom. The molecule has 28 heavy (non-hydrogen) atoms. The van der Waals surface area contributed by atoms with Crippen LogP contribution in [0.3, 0.4) is 0 Å². The van der Waals surface area contributed by atoms with Gasteiger partial charge in [0.2, 0.25) is 5.91 Å². The van der Waals surface area contributed by atoms with Gasteiger partial charge in [-0.15, -0.1) is 34.2 Å². The van der Waals surface area contributed by atoms with Gasteiger partial charge in [0.05, 0.1) is 0 Å². The summed E-state index contributed by atoms with van der Waals surface area (Å²) < 4.78 is 2.04. The summed E-state index contributed by atoms with van der Waals surface area (Å²) in [5.74, 6) is 1.68. The van der Waals surface area contributed by atoms with E-state index in [4.69, 9.17) is 0 Å². The van der Waals surface area contributed by atoms with Crippen LogP contribution in [0.25, 0.3) is 0 Å². The van der Waals surface area contributed by atoms with E-state index in [1.165, 1.54) is 5.56 Å². The SMILES string of the molecule is CCc1nncn1CCNC(=NCC(=O)N(C)C)N1CCc2ccccc21.I. The molecule has 1 aromatic heterocycles. The molecular weight excluding hydrogens is 469 g/mol. The number of para-hydroxylation sites is 1. The van der Waals surface area contributed by atoms with Crippen LogP contribution >= 0.6 is 24.0 Å². The van der Waals surface area contributed by atoms with Gasteiger partial charge in [-0.05, 0) is 18.1 Å². The Morgan fingerprint density at radius 2 is 2.11 bits per heavy atom. The molecule has 1 aliphatic heterocycles. The predicted octanol–water partition coefficient (Wildman–Crippen LogP) is 1.56. The van der Waals surface area contributed by atoms with E-state index in [1.807, 2.05) is 10.6 Å². The number of guanidine groups is 1. The molecule has 0 saturated carbocycles. The molecule has 9 heteroatoms. The van der Waals surface area contributed by atoms with Gasteiger partial charge >= 0.3 is 0 Å². The van der Waals surface area contributed by atoms with Crippen molar-refractivity contribution >= 4 is 41.5 Å². The van der Waals surface area contributed by atoms with Gasteiger partial charge in [-0.1, -0.05) is 25.1 Å². The Kier molecular flexibility index (Phi) is 8.21. The quantitative estimate of drug-likeness (QED) is 0.373. The van der Waals surface area contributed by atoms with Crippen molar-refractivity contribution in [2.45, 2.75) is 26.3 Å². The Hall–Kier alpha value is -2.17. The van der Waals surface area contributed by atoms with E-state index in [-0.39, 0.29) is 36.4 Å². The third-order valence-corrected chi connectivity index (χ3v) is 4.65. The molecule has 2 heterocycles. The fourth-order valence-electron chi connectivity index (χ4n) is 3.11. The second kappa shape index (κ2) is 10.4. The van der Waals surface area contributed by atoms with Crippen molar-refractivity contribution in [2.24, 2.45) is 4.99 Å². The van der Waals surface area contributed by atoms with Crippen molar-refractivity contribution in [3.63, 3.8) is 0 Å². The summed E-state index contributed by atoms with van der Waals surface area (Å²) in [6.45, 7) is 4.47. The van der Waals surface area contributed by atoms with E-state index in [1.54, 1.807) is 25.3 Å². The summed E-state index contributed by atoms with van der Waals surface area (Å²) >= 11 is 0. The molecule has 2 aromatic rings. The number of halogens is 1. The normalized spacial score (nSPS) is 13.1. The minimum absolute atomic E-state index is 0. The number of likely N-dealkylation sites (N-methyl/N-ethyl adjacent to an activating group) is 1. The van der Waals surface area contributed by atoms with Gasteiger partial charge in [-0.2, -0.15) is 0 Å². The Balaban J connectivity index is 0.00000280. The van der Waals surface area contributed by atoms with Crippen LogP contribution in [-0.4, -0.2) is 65.3 Å². The molecule has 0 aliphatic carbocycles. The molecule has 0 fully saturated rings. The number of nitrogens with one attached hydrogen (secondary N) is 1. The minimum atomic E-state index is -0.0196. The van der Waals surface area contributed by atoms with E-state index in [9.17, 15) is 4.79 Å². The first-order chi connectivity index (χ1) is 13.1. The van der Waals surface area contributed by atoms with Crippen molar-refractivity contribution in [1.82, 2.24) is 25.0 Å². The maximum absolute atomic E-state index is 12.0. The number of carbonyl (C=O) groups is 1. The summed E-state index contributed by atoms with van der Waals surface area (Å²) in [5, 5.41) is 11.5. The van der Waals surface area contributed by atoms with Crippen molar-refractivity contribution in [3.05, 3.63) is 42.0 Å². The third kappa shape index (κ3) is 5.21. The number of anilines is 1. The van der Waals surface area contributed by atoms with Crippen LogP contribution in [0.4, 0.5) is 5.69 Å². The van der Waals surface area contributed by atoms with E-state index >= 15 is 0 Å². The number of aryl methyl sites for hydroxylation is 1. The smallest absolute Gasteiger partial charge is 0.243 e. The van der Waals surface area contributed by atoms with Crippen molar-refractivity contribution < 1.29 is 4.79 Å². The lowest BCUT2D eigenvalue weighted by molar-refractivity contribution is -0.127. The molecule has 1 aromatic carbocycles. The number of carbonyl (C=O) groups excluding carboxylic acids is 1. The van der Waals surface area contributed by atoms with Crippen LogP contribution in [0.2, 0.25) is 0 Å². The van der Waals surface area contributed by atoms with Crippen LogP contribution in [0.15, 0.2) is 35.6 Å². The summed E-state index contributed by atoms with van der Waals surface area (Å²) in [6.07, 6.45) is 3.57. The largest absolute Gasteiger partial charge is 0.354 e. The fourth-order valence-corrected chi connectivity index (χ4v) is 3.11. The molecule has 8 nitrogen and oxygen atoms in total. The number of aromatic nitrogens is 3. The van der Waals surface area contributed by atoms with Crippen LogP contribution in [0.1, 0.15) is 18.3 Å². The second-order valence-electron chi connectivity index (χ2n) is 6.68. The number of fused-ring (bicyclic) bond motifs is 1. The number of hydrogen-bond acceptors (Lipinski definition) is 4. The standard InChI is InChI=1S/C19H27N7O.HI/c1-4-17-23-22-14-25(17)12-10-20-19(21-13-18(27)24(2)3)26-11-9-15-7-5-6-8-16(15)26;/h5-8,14H,4,9-13H2,1-3H3,(H,20,21);1H. The molecule has 0 atom stereocenters. The first kappa shape index (κ1) is 22.1. The molecule has 152 valence electrons. The number of aliphatic imine (C=N–C) groups is 1. The molecule has 1 N–H and O–H groups in total. The van der Waals surface area contributed by atoms with Crippen molar-refractivity contribution in [2.75, 3.05) is 38.6 Å². The second-order valence-corrected chi connectivity index (χ2v) is 6.68. The Morgan fingerprint density at radius 1 is 1.32 bits per heavy atom. The number of amides is 1. The molecule has 0 radical (unpaired) electrons. The van der Waals surface area contributed by atoms with Gasteiger partial charge < -0.3 is 19.7 Å². The van der Waals surface area contributed by atoms with Gasteiger partial charge in [0.25, 0.3) is 0 Å². The molecule has 0 bridgehead atoms. The topological polar surface area (TPSA) is 78.6 Å². The lowest BCUT2D eigenvalue weighted by atomic mass is 10.2. The number of hydrogen-bond donors (Lipinski definition) is 1. The number of nitrogens with zero attached hydrogens (tertiary/aromatic N) is 6. The maximum atomic E-state index is 12.0. The summed E-state index contributed by atoms with van der Waals surface area (Å²) in [5.41, 5.74) is 2.46. The monoisotopic (exact) mass is 497 g/mol. The molecule has 0 unspecified atom stereocenters. The molecule has 1 aliphatic rings. The highest BCUT2D eigenvalue weighted by Gasteiger charge is 2.23. The zero-order chi connectivity index (χ0) is 19.2. The van der Waals surface area contributed by atoms with Crippen molar-refractivity contribution in [3.8, 4) is 0 Å².